The molecular formula is C25H29FN4O3. The lowest BCUT2D eigenvalue weighted by Gasteiger charge is -2.18. The Morgan fingerprint density at radius 2 is 2.06 bits per heavy atom. The lowest BCUT2D eigenvalue weighted by Crippen LogP contribution is -2.23. The molecule has 0 aliphatic heterocycles. The second-order valence-corrected chi connectivity index (χ2v) is 8.06. The molecule has 7 nitrogen and oxygen atoms in total. The van der Waals surface area contributed by atoms with Crippen LogP contribution < -0.4 is 16.2 Å². The van der Waals surface area contributed by atoms with E-state index in [0.717, 1.165) is 21.9 Å². The molecule has 33 heavy (non-hydrogen) atoms. The van der Waals surface area contributed by atoms with Crippen molar-refractivity contribution in [3.05, 3.63) is 81.8 Å². The van der Waals surface area contributed by atoms with Gasteiger partial charge in [-0.15, -0.1) is 11.7 Å². The van der Waals surface area contributed by atoms with Gasteiger partial charge >= 0.3 is 5.69 Å². The summed E-state index contributed by atoms with van der Waals surface area (Å²) in [6.45, 7) is 9.26. The van der Waals surface area contributed by atoms with Crippen LogP contribution in [-0.4, -0.2) is 26.2 Å². The number of nitrogens with two attached hydrogens (primary N) is 1. The van der Waals surface area contributed by atoms with Crippen LogP contribution >= 0.6 is 0 Å². The fraction of sp³-hybridized carbons (Fsp3) is 0.320. The maximum Gasteiger partial charge on any atom is 0.350 e. The molecule has 0 fully saturated rings. The van der Waals surface area contributed by atoms with E-state index >= 15 is 4.39 Å². The summed E-state index contributed by atoms with van der Waals surface area (Å²) in [5, 5.41) is 4.24. The number of rotatable bonds is 9. The molecule has 1 heterocycles. The second-order valence-electron chi connectivity index (χ2n) is 8.06. The number of hydrogen-bond acceptors (Lipinski definition) is 5. The van der Waals surface area contributed by atoms with Crippen molar-refractivity contribution in [1.82, 2.24) is 14.3 Å². The van der Waals surface area contributed by atoms with Gasteiger partial charge in [-0.25, -0.2) is 9.18 Å². The zero-order valence-corrected chi connectivity index (χ0v) is 19.4. The molecule has 0 aliphatic rings. The lowest BCUT2D eigenvalue weighted by atomic mass is 9.98. The van der Waals surface area contributed by atoms with Gasteiger partial charge in [0, 0.05) is 38.1 Å². The number of halogens is 1. The number of hydrogen-bond donors (Lipinski definition) is 1. The van der Waals surface area contributed by atoms with E-state index in [1.165, 1.54) is 10.6 Å². The summed E-state index contributed by atoms with van der Waals surface area (Å²) in [6, 6.07) is 7.78. The number of nitrogen functional groups attached to an aromatic ring is 1. The number of ketones is 1. The average molecular weight is 453 g/mol. The summed E-state index contributed by atoms with van der Waals surface area (Å²) in [4.78, 5) is 25.8. The van der Waals surface area contributed by atoms with E-state index < -0.39 is 11.5 Å². The van der Waals surface area contributed by atoms with Crippen LogP contribution in [0, 0.1) is 12.7 Å². The molecule has 2 aromatic carbocycles. The minimum absolute atomic E-state index is 0.0562. The van der Waals surface area contributed by atoms with Crippen molar-refractivity contribution in [3.8, 4) is 11.4 Å². The molecule has 3 rings (SSSR count). The summed E-state index contributed by atoms with van der Waals surface area (Å²) >= 11 is 0. The third kappa shape index (κ3) is 5.05. The smallest absolute Gasteiger partial charge is 0.350 e. The van der Waals surface area contributed by atoms with Gasteiger partial charge in [0.1, 0.15) is 23.1 Å². The van der Waals surface area contributed by atoms with Gasteiger partial charge in [-0.2, -0.15) is 4.68 Å². The highest BCUT2D eigenvalue weighted by molar-refractivity contribution is 6.00. The predicted octanol–water partition coefficient (Wildman–Crippen LogP) is 3.93. The van der Waals surface area contributed by atoms with Crippen molar-refractivity contribution < 1.29 is 13.9 Å². The molecule has 1 unspecified atom stereocenters. The van der Waals surface area contributed by atoms with Crippen LogP contribution in [-0.2, 0) is 19.9 Å². The van der Waals surface area contributed by atoms with Crippen LogP contribution in [0.25, 0.3) is 5.69 Å². The number of nitrogens with zero attached hydrogens (tertiary/aromatic N) is 3. The van der Waals surface area contributed by atoms with Crippen molar-refractivity contribution in [2.45, 2.75) is 46.1 Å². The Labute approximate surface area is 192 Å². The quantitative estimate of drug-likeness (QED) is 0.302. The van der Waals surface area contributed by atoms with Crippen molar-refractivity contribution in [2.75, 3.05) is 5.73 Å². The first kappa shape index (κ1) is 24.0. The van der Waals surface area contributed by atoms with Crippen LogP contribution in [0.15, 0.2) is 47.8 Å². The van der Waals surface area contributed by atoms with Gasteiger partial charge in [-0.05, 0) is 43.2 Å². The zero-order valence-electron chi connectivity index (χ0n) is 19.4. The third-order valence-electron chi connectivity index (χ3n) is 5.51. The van der Waals surface area contributed by atoms with Gasteiger partial charge in [0.25, 0.3) is 0 Å². The minimum atomic E-state index is -0.737. The summed E-state index contributed by atoms with van der Waals surface area (Å²) < 4.78 is 23.6. The van der Waals surface area contributed by atoms with Gasteiger partial charge in [0.15, 0.2) is 5.78 Å². The Hall–Kier alpha value is -3.68. The van der Waals surface area contributed by atoms with Crippen molar-refractivity contribution in [1.29, 1.82) is 0 Å². The first-order chi connectivity index (χ1) is 15.7. The van der Waals surface area contributed by atoms with E-state index in [2.05, 4.69) is 11.7 Å². The largest absolute Gasteiger partial charge is 0.490 e. The SMILES string of the molecule is C=CCC(C)Oc1cc(-n2nc(CC)n(C)c2=O)c(F)cc1C(=O)Cc1ccc(N)cc1C. The maximum absolute atomic E-state index is 15.2. The van der Waals surface area contributed by atoms with Crippen LogP contribution in [0.2, 0.25) is 0 Å². The minimum Gasteiger partial charge on any atom is -0.490 e. The zero-order chi connectivity index (χ0) is 24.3. The molecule has 0 amide bonds. The number of carbonyl (C=O) groups excluding carboxylic acids is 1. The molecule has 0 saturated carbocycles. The molecule has 1 aromatic heterocycles. The number of benzene rings is 2. The predicted molar refractivity (Wildman–Crippen MR) is 127 cm³/mol. The molecule has 8 heteroatoms. The van der Waals surface area contributed by atoms with E-state index in [1.54, 1.807) is 31.3 Å². The highest BCUT2D eigenvalue weighted by Crippen LogP contribution is 2.28. The summed E-state index contributed by atoms with van der Waals surface area (Å²) in [7, 11) is 1.58. The molecule has 0 saturated heterocycles. The molecule has 0 bridgehead atoms. The van der Waals surface area contributed by atoms with Gasteiger partial charge in [0.2, 0.25) is 0 Å². The Morgan fingerprint density at radius 1 is 1.33 bits per heavy atom. The van der Waals surface area contributed by atoms with Crippen LogP contribution in [0.5, 0.6) is 5.75 Å². The Morgan fingerprint density at radius 3 is 2.67 bits per heavy atom. The van der Waals surface area contributed by atoms with E-state index in [4.69, 9.17) is 10.5 Å². The van der Waals surface area contributed by atoms with Gasteiger partial charge in [-0.1, -0.05) is 19.1 Å². The van der Waals surface area contributed by atoms with E-state index in [-0.39, 0.29) is 35.3 Å². The van der Waals surface area contributed by atoms with Crippen molar-refractivity contribution >= 4 is 11.5 Å². The summed E-state index contributed by atoms with van der Waals surface area (Å²) in [5.41, 5.74) is 7.62. The number of aryl methyl sites for hydroxylation is 2. The van der Waals surface area contributed by atoms with Crippen LogP contribution in [0.4, 0.5) is 10.1 Å². The fourth-order valence-corrected chi connectivity index (χ4v) is 3.65. The normalized spacial score (nSPS) is 11.9. The number of carbonyl (C=O) groups is 1. The summed E-state index contributed by atoms with van der Waals surface area (Å²) in [6.07, 6.45) is 2.49. The first-order valence-corrected chi connectivity index (χ1v) is 10.8. The number of aromatic nitrogens is 3. The third-order valence-corrected chi connectivity index (χ3v) is 5.51. The van der Waals surface area contributed by atoms with E-state index in [9.17, 15) is 9.59 Å². The molecule has 1 atom stereocenters. The van der Waals surface area contributed by atoms with Crippen molar-refractivity contribution in [2.24, 2.45) is 7.05 Å². The summed E-state index contributed by atoms with van der Waals surface area (Å²) in [5.74, 6) is -0.342. The standard InChI is InChI=1S/C25H29FN4O3/c1-6-8-16(4)33-23-14-21(30-25(32)29(5)24(7-2)28-30)20(26)13-19(23)22(31)12-17-9-10-18(27)11-15(17)3/h6,9-11,13-14,16H,1,7-8,12,27H2,2-5H3. The lowest BCUT2D eigenvalue weighted by molar-refractivity contribution is 0.0986. The number of Topliss-reactive ketones (excluding diaryl/α,β-unsaturated/α-hetero) is 1. The van der Waals surface area contributed by atoms with E-state index in [0.29, 0.717) is 24.4 Å². The highest BCUT2D eigenvalue weighted by Gasteiger charge is 2.22. The molecule has 3 aromatic rings. The Bertz CT molecular complexity index is 1260. The van der Waals surface area contributed by atoms with Gasteiger partial charge < -0.3 is 10.5 Å². The maximum atomic E-state index is 15.2. The molecular weight excluding hydrogens is 423 g/mol. The van der Waals surface area contributed by atoms with Crippen LogP contribution in [0.3, 0.4) is 0 Å². The Balaban J connectivity index is 2.09. The second kappa shape index (κ2) is 9.85. The molecule has 2 N–H and O–H groups in total. The monoisotopic (exact) mass is 452 g/mol. The highest BCUT2D eigenvalue weighted by atomic mass is 19.1. The van der Waals surface area contributed by atoms with Crippen molar-refractivity contribution in [3.63, 3.8) is 0 Å². The number of anilines is 1. The van der Waals surface area contributed by atoms with Crippen LogP contribution in [0.1, 0.15) is 47.6 Å². The first-order valence-electron chi connectivity index (χ1n) is 10.8. The van der Waals surface area contributed by atoms with Gasteiger partial charge in [0.05, 0.1) is 11.7 Å². The topological polar surface area (TPSA) is 92.1 Å². The molecule has 0 aliphatic carbocycles. The molecule has 0 radical (unpaired) electrons. The average Bonchev–Trinajstić information content (AvgIpc) is 3.05. The van der Waals surface area contributed by atoms with Gasteiger partial charge in [-0.3, -0.25) is 9.36 Å². The fourth-order valence-electron chi connectivity index (χ4n) is 3.65. The molecule has 0 spiro atoms. The molecule has 174 valence electrons. The Kier molecular flexibility index (Phi) is 7.16. The number of ether oxygens (including phenoxy) is 1. The van der Waals surface area contributed by atoms with E-state index in [1.807, 2.05) is 20.8 Å².